The van der Waals surface area contributed by atoms with Gasteiger partial charge in [0.2, 0.25) is 0 Å². The van der Waals surface area contributed by atoms with Gasteiger partial charge in [-0.3, -0.25) is 0 Å². The maximum atomic E-state index is 10.9. The van der Waals surface area contributed by atoms with Crippen molar-refractivity contribution in [3.63, 3.8) is 0 Å². The van der Waals surface area contributed by atoms with E-state index in [1.54, 1.807) is 0 Å². The van der Waals surface area contributed by atoms with Crippen molar-refractivity contribution in [3.8, 4) is 0 Å². The normalized spacial score (nSPS) is 11.5. The second kappa shape index (κ2) is 4.77. The zero-order valence-electron chi connectivity index (χ0n) is 7.36. The molecule has 0 heterocycles. The number of halogens is 2. The van der Waals surface area contributed by atoms with E-state index in [-0.39, 0.29) is 12.1 Å². The standard InChI is InChI=1S/C7H13Cl2NO2/c1-7(2,3)10-6(11)12-4-5(8)9/h5H,4H2,1-3H3,(H,10,11). The number of hydrogen-bond acceptors (Lipinski definition) is 2. The van der Waals surface area contributed by atoms with Crippen LogP contribution in [0, 0.1) is 0 Å². The van der Waals surface area contributed by atoms with Crippen LogP contribution in [0.25, 0.3) is 0 Å². The molecule has 1 N–H and O–H groups in total. The van der Waals surface area contributed by atoms with Crippen molar-refractivity contribution in [3.05, 3.63) is 0 Å². The van der Waals surface area contributed by atoms with Crippen molar-refractivity contribution in [1.82, 2.24) is 5.32 Å². The van der Waals surface area contributed by atoms with Gasteiger partial charge in [0.25, 0.3) is 0 Å². The molecule has 0 aliphatic rings. The molecule has 0 atom stereocenters. The van der Waals surface area contributed by atoms with Gasteiger partial charge in [0.15, 0.2) is 0 Å². The Bertz CT molecular complexity index is 154. The minimum atomic E-state index is -0.671. The van der Waals surface area contributed by atoms with E-state index in [1.165, 1.54) is 0 Å². The maximum absolute atomic E-state index is 10.9. The molecule has 72 valence electrons. The first kappa shape index (κ1) is 11.8. The van der Waals surface area contributed by atoms with Crippen molar-refractivity contribution in [1.29, 1.82) is 0 Å². The molecule has 5 heteroatoms. The number of alkyl halides is 2. The predicted molar refractivity (Wildman–Crippen MR) is 49.7 cm³/mol. The fourth-order valence-corrected chi connectivity index (χ4v) is 0.607. The molecule has 0 aromatic carbocycles. The number of rotatable bonds is 2. The summed E-state index contributed by atoms with van der Waals surface area (Å²) in [6.45, 7) is 5.57. The first-order valence-electron chi connectivity index (χ1n) is 3.54. The second-order valence-corrected chi connectivity index (χ2v) is 4.64. The van der Waals surface area contributed by atoms with Crippen LogP contribution < -0.4 is 5.32 Å². The molecule has 0 unspecified atom stereocenters. The van der Waals surface area contributed by atoms with Gasteiger partial charge in [0, 0.05) is 5.54 Å². The molecule has 1 amide bonds. The molecule has 0 aliphatic heterocycles. The fourth-order valence-electron chi connectivity index (χ4n) is 0.481. The minimum absolute atomic E-state index is 0.00498. The predicted octanol–water partition coefficient (Wildman–Crippen LogP) is 2.31. The summed E-state index contributed by atoms with van der Waals surface area (Å²) in [6.07, 6.45) is -0.506. The highest BCUT2D eigenvalue weighted by atomic mass is 35.5. The number of amides is 1. The number of carbonyl (C=O) groups excluding carboxylic acids is 1. The summed E-state index contributed by atoms with van der Waals surface area (Å²) in [6, 6.07) is 0. The summed E-state index contributed by atoms with van der Waals surface area (Å²) in [5.41, 5.74) is -0.300. The van der Waals surface area contributed by atoms with Crippen LogP contribution in [0.4, 0.5) is 4.79 Å². The van der Waals surface area contributed by atoms with Crippen molar-refractivity contribution in [2.75, 3.05) is 6.61 Å². The molecule has 0 radical (unpaired) electrons. The minimum Gasteiger partial charge on any atom is -0.447 e. The topological polar surface area (TPSA) is 38.3 Å². The molecule has 0 fully saturated rings. The summed E-state index contributed by atoms with van der Waals surface area (Å²) in [4.78, 5) is 10.2. The fraction of sp³-hybridized carbons (Fsp3) is 0.857. The summed E-state index contributed by atoms with van der Waals surface area (Å²) in [5.74, 6) is 0. The lowest BCUT2D eigenvalue weighted by Gasteiger charge is -2.19. The summed E-state index contributed by atoms with van der Waals surface area (Å²) >= 11 is 10.7. The van der Waals surface area contributed by atoms with E-state index in [0.29, 0.717) is 0 Å². The van der Waals surface area contributed by atoms with Gasteiger partial charge in [-0.25, -0.2) is 4.79 Å². The lowest BCUT2D eigenvalue weighted by Crippen LogP contribution is -2.41. The molecule has 3 nitrogen and oxygen atoms in total. The Hall–Kier alpha value is -0.150. The largest absolute Gasteiger partial charge is 0.447 e. The van der Waals surface area contributed by atoms with Crippen LogP contribution in [-0.4, -0.2) is 23.1 Å². The van der Waals surface area contributed by atoms with E-state index >= 15 is 0 Å². The van der Waals surface area contributed by atoms with Gasteiger partial charge in [0.1, 0.15) is 11.4 Å². The molecule has 12 heavy (non-hydrogen) atoms. The Morgan fingerprint density at radius 3 is 2.33 bits per heavy atom. The van der Waals surface area contributed by atoms with Crippen molar-refractivity contribution in [2.24, 2.45) is 0 Å². The van der Waals surface area contributed by atoms with Gasteiger partial charge >= 0.3 is 6.09 Å². The van der Waals surface area contributed by atoms with Gasteiger partial charge in [-0.1, -0.05) is 0 Å². The molecule has 0 aromatic rings. The van der Waals surface area contributed by atoms with E-state index in [1.807, 2.05) is 20.8 Å². The van der Waals surface area contributed by atoms with Crippen molar-refractivity contribution >= 4 is 29.3 Å². The van der Waals surface area contributed by atoms with Gasteiger partial charge in [-0.15, -0.1) is 23.2 Å². The van der Waals surface area contributed by atoms with E-state index in [9.17, 15) is 4.79 Å². The van der Waals surface area contributed by atoms with Gasteiger partial charge < -0.3 is 10.1 Å². The van der Waals surface area contributed by atoms with Gasteiger partial charge in [-0.05, 0) is 20.8 Å². The van der Waals surface area contributed by atoms with Gasteiger partial charge in [-0.2, -0.15) is 0 Å². The monoisotopic (exact) mass is 213 g/mol. The quantitative estimate of drug-likeness (QED) is 0.716. The molecule has 0 saturated heterocycles. The Kier molecular flexibility index (Phi) is 4.71. The third kappa shape index (κ3) is 7.95. The Balaban J connectivity index is 3.61. The number of hydrogen-bond donors (Lipinski definition) is 1. The smallest absolute Gasteiger partial charge is 0.407 e. The summed E-state index contributed by atoms with van der Waals surface area (Å²) < 4.78 is 4.67. The number of nitrogens with one attached hydrogen (secondary N) is 1. The average Bonchev–Trinajstić information content (AvgIpc) is 1.79. The van der Waals surface area contributed by atoms with E-state index < -0.39 is 10.9 Å². The number of ether oxygens (including phenoxy) is 1. The lowest BCUT2D eigenvalue weighted by atomic mass is 10.1. The Morgan fingerprint density at radius 2 is 2.00 bits per heavy atom. The SMILES string of the molecule is CC(C)(C)NC(=O)OCC(Cl)Cl. The highest BCUT2D eigenvalue weighted by molar-refractivity contribution is 6.44. The van der Waals surface area contributed by atoms with Crippen molar-refractivity contribution < 1.29 is 9.53 Å². The molecular weight excluding hydrogens is 201 g/mol. The van der Waals surface area contributed by atoms with Crippen LogP contribution in [0.2, 0.25) is 0 Å². The molecule has 0 aliphatic carbocycles. The summed E-state index contributed by atoms with van der Waals surface area (Å²) in [5, 5.41) is 2.60. The highest BCUT2D eigenvalue weighted by Crippen LogP contribution is 2.03. The first-order chi connectivity index (χ1) is 5.31. The average molecular weight is 214 g/mol. The van der Waals surface area contributed by atoms with Crippen molar-refractivity contribution in [2.45, 2.75) is 31.1 Å². The Labute approximate surface area is 82.4 Å². The zero-order chi connectivity index (χ0) is 9.78. The third-order valence-electron chi connectivity index (χ3n) is 0.817. The van der Waals surface area contributed by atoms with Crippen LogP contribution in [-0.2, 0) is 4.74 Å². The van der Waals surface area contributed by atoms with E-state index in [0.717, 1.165) is 0 Å². The lowest BCUT2D eigenvalue weighted by molar-refractivity contribution is 0.142. The van der Waals surface area contributed by atoms with Crippen LogP contribution in [0.1, 0.15) is 20.8 Å². The van der Waals surface area contributed by atoms with Crippen LogP contribution in [0.3, 0.4) is 0 Å². The third-order valence-corrected chi connectivity index (χ3v) is 1.07. The molecular formula is C7H13Cl2NO2. The van der Waals surface area contributed by atoms with Crippen LogP contribution >= 0.6 is 23.2 Å². The Morgan fingerprint density at radius 1 is 1.50 bits per heavy atom. The van der Waals surface area contributed by atoms with E-state index in [2.05, 4.69) is 10.1 Å². The summed E-state index contributed by atoms with van der Waals surface area (Å²) in [7, 11) is 0. The van der Waals surface area contributed by atoms with Crippen LogP contribution in [0.15, 0.2) is 0 Å². The molecule has 0 spiro atoms. The van der Waals surface area contributed by atoms with E-state index in [4.69, 9.17) is 23.2 Å². The van der Waals surface area contributed by atoms with Crippen LogP contribution in [0.5, 0.6) is 0 Å². The maximum Gasteiger partial charge on any atom is 0.407 e. The van der Waals surface area contributed by atoms with Gasteiger partial charge in [0.05, 0.1) is 0 Å². The molecule has 0 aromatic heterocycles. The zero-order valence-corrected chi connectivity index (χ0v) is 8.87. The number of carbonyl (C=O) groups is 1. The first-order valence-corrected chi connectivity index (χ1v) is 4.41. The highest BCUT2D eigenvalue weighted by Gasteiger charge is 2.14. The molecule has 0 bridgehead atoms. The number of alkyl carbamates (subject to hydrolysis) is 1. The molecule has 0 rings (SSSR count). The second-order valence-electron chi connectivity index (χ2n) is 3.36. The molecule has 0 saturated carbocycles.